The molecule has 0 atom stereocenters. The molecule has 9 heteroatoms. The Kier molecular flexibility index (Phi) is 4.68. The first-order chi connectivity index (χ1) is 15.3. The van der Waals surface area contributed by atoms with Crippen LogP contribution in [0.4, 0.5) is 10.1 Å². The van der Waals surface area contributed by atoms with Gasteiger partial charge in [0.2, 0.25) is 22.7 Å². The number of anilines is 1. The number of halogens is 1. The van der Waals surface area contributed by atoms with E-state index in [1.165, 1.54) is 36.4 Å². The molecule has 0 aromatic heterocycles. The van der Waals surface area contributed by atoms with Crippen molar-refractivity contribution in [3.05, 3.63) is 72.0 Å². The Morgan fingerprint density at radius 1 is 1.00 bits per heavy atom. The molecule has 1 aliphatic heterocycles. The van der Waals surface area contributed by atoms with Crippen molar-refractivity contribution in [2.75, 3.05) is 12.1 Å². The van der Waals surface area contributed by atoms with Crippen LogP contribution in [0, 0.1) is 5.82 Å². The molecule has 3 N–H and O–H groups in total. The molecule has 3 aromatic rings. The van der Waals surface area contributed by atoms with Crippen molar-refractivity contribution in [1.82, 2.24) is 0 Å². The number of carbonyl (C=O) groups excluding carboxylic acids is 1. The summed E-state index contributed by atoms with van der Waals surface area (Å²) in [5.41, 5.74) is 1.05. The maximum atomic E-state index is 14.5. The van der Waals surface area contributed by atoms with Gasteiger partial charge < -0.3 is 14.8 Å². The molecule has 1 aliphatic carbocycles. The zero-order valence-corrected chi connectivity index (χ0v) is 17.6. The zero-order chi connectivity index (χ0) is 22.5. The second-order valence-corrected chi connectivity index (χ2v) is 9.43. The van der Waals surface area contributed by atoms with Crippen molar-refractivity contribution < 1.29 is 27.1 Å². The Morgan fingerprint density at radius 3 is 2.53 bits per heavy atom. The molecular weight excluding hydrogens is 435 g/mol. The molecule has 0 radical (unpaired) electrons. The number of fused-ring (bicyclic) bond motifs is 1. The van der Waals surface area contributed by atoms with Crippen molar-refractivity contribution >= 4 is 21.6 Å². The number of rotatable bonds is 5. The van der Waals surface area contributed by atoms with E-state index in [-0.39, 0.29) is 23.2 Å². The summed E-state index contributed by atoms with van der Waals surface area (Å²) in [4.78, 5) is 13.0. The van der Waals surface area contributed by atoms with E-state index in [0.29, 0.717) is 35.6 Å². The molecule has 0 unspecified atom stereocenters. The first-order valence-electron chi connectivity index (χ1n) is 9.91. The van der Waals surface area contributed by atoms with Crippen LogP contribution in [0.25, 0.3) is 11.1 Å². The molecule has 164 valence electrons. The fraction of sp³-hybridized carbons (Fsp3) is 0.174. The van der Waals surface area contributed by atoms with Crippen molar-refractivity contribution in [1.29, 1.82) is 0 Å². The number of primary sulfonamides is 1. The molecule has 0 spiro atoms. The average molecular weight is 454 g/mol. The van der Waals surface area contributed by atoms with Crippen LogP contribution in [0.3, 0.4) is 0 Å². The Balaban J connectivity index is 1.43. The molecule has 7 nitrogen and oxygen atoms in total. The SMILES string of the molecule is NS(=O)(=O)c1cccc(-c2cc(NC(=O)C3(c4ccc5c(c4)OCO5)CC3)ccc2F)c1. The maximum absolute atomic E-state index is 14.5. The number of nitrogens with one attached hydrogen (secondary N) is 1. The molecule has 0 saturated heterocycles. The van der Waals surface area contributed by atoms with Gasteiger partial charge in [0.05, 0.1) is 10.3 Å². The van der Waals surface area contributed by atoms with Crippen LogP contribution >= 0.6 is 0 Å². The van der Waals surface area contributed by atoms with Crippen LogP contribution < -0.4 is 19.9 Å². The van der Waals surface area contributed by atoms with E-state index in [1.807, 2.05) is 12.1 Å². The Hall–Kier alpha value is -3.43. The summed E-state index contributed by atoms with van der Waals surface area (Å²) in [6, 6.07) is 15.3. The van der Waals surface area contributed by atoms with Gasteiger partial charge in [0.15, 0.2) is 11.5 Å². The summed E-state index contributed by atoms with van der Waals surface area (Å²) in [6.45, 7) is 0.156. The second kappa shape index (κ2) is 7.32. The van der Waals surface area contributed by atoms with E-state index in [4.69, 9.17) is 14.6 Å². The van der Waals surface area contributed by atoms with Crippen LogP contribution in [0.15, 0.2) is 65.6 Å². The van der Waals surface area contributed by atoms with Crippen LogP contribution in [-0.2, 0) is 20.2 Å². The van der Waals surface area contributed by atoms with Gasteiger partial charge in [-0.1, -0.05) is 18.2 Å². The third-order valence-electron chi connectivity index (χ3n) is 5.81. The van der Waals surface area contributed by atoms with Gasteiger partial charge in [-0.25, -0.2) is 17.9 Å². The molecule has 2 aliphatic rings. The van der Waals surface area contributed by atoms with Gasteiger partial charge in [-0.05, 0) is 66.4 Å². The number of hydrogen-bond acceptors (Lipinski definition) is 5. The van der Waals surface area contributed by atoms with E-state index in [1.54, 1.807) is 12.1 Å². The van der Waals surface area contributed by atoms with Crippen LogP contribution in [0.5, 0.6) is 11.5 Å². The van der Waals surface area contributed by atoms with Crippen molar-refractivity contribution in [3.8, 4) is 22.6 Å². The van der Waals surface area contributed by atoms with E-state index in [2.05, 4.69) is 5.32 Å². The maximum Gasteiger partial charge on any atom is 0.238 e. The lowest BCUT2D eigenvalue weighted by atomic mass is 9.94. The monoisotopic (exact) mass is 454 g/mol. The Morgan fingerprint density at radius 2 is 1.78 bits per heavy atom. The standard InChI is InChI=1S/C23H19FN2O5S/c24-19-6-5-16(12-18(19)14-2-1-3-17(10-14)32(25,28)29)26-22(27)23(8-9-23)15-4-7-20-21(11-15)31-13-30-20/h1-7,10-12H,8-9,13H2,(H,26,27)(H2,25,28,29). The lowest BCUT2D eigenvalue weighted by molar-refractivity contribution is -0.118. The van der Waals surface area contributed by atoms with E-state index in [9.17, 15) is 17.6 Å². The van der Waals surface area contributed by atoms with Gasteiger partial charge in [0.1, 0.15) is 5.82 Å². The molecule has 0 bridgehead atoms. The molecule has 5 rings (SSSR count). The van der Waals surface area contributed by atoms with Crippen molar-refractivity contribution in [3.63, 3.8) is 0 Å². The number of benzene rings is 3. The van der Waals surface area contributed by atoms with Crippen LogP contribution in [0.1, 0.15) is 18.4 Å². The average Bonchev–Trinajstić information content (AvgIpc) is 3.45. The lowest BCUT2D eigenvalue weighted by Gasteiger charge is -2.17. The molecular formula is C23H19FN2O5S. The van der Waals surface area contributed by atoms with Crippen molar-refractivity contribution in [2.45, 2.75) is 23.2 Å². The van der Waals surface area contributed by atoms with Gasteiger partial charge in [-0.15, -0.1) is 0 Å². The largest absolute Gasteiger partial charge is 0.454 e. The molecule has 32 heavy (non-hydrogen) atoms. The van der Waals surface area contributed by atoms with E-state index in [0.717, 1.165) is 5.56 Å². The normalized spacial score (nSPS) is 15.9. The third-order valence-corrected chi connectivity index (χ3v) is 6.72. The number of carbonyl (C=O) groups is 1. The van der Waals surface area contributed by atoms with Gasteiger partial charge in [0, 0.05) is 11.3 Å². The summed E-state index contributed by atoms with van der Waals surface area (Å²) in [5.74, 6) is 0.508. The van der Waals surface area contributed by atoms with Gasteiger partial charge in [0.25, 0.3) is 0 Å². The van der Waals surface area contributed by atoms with Gasteiger partial charge in [-0.3, -0.25) is 4.79 Å². The topological polar surface area (TPSA) is 108 Å². The second-order valence-electron chi connectivity index (χ2n) is 7.87. The summed E-state index contributed by atoms with van der Waals surface area (Å²) < 4.78 is 48.6. The number of ether oxygens (including phenoxy) is 2. The first kappa shape index (κ1) is 20.5. The smallest absolute Gasteiger partial charge is 0.238 e. The van der Waals surface area contributed by atoms with Crippen LogP contribution in [-0.4, -0.2) is 21.1 Å². The fourth-order valence-electron chi connectivity index (χ4n) is 3.88. The lowest BCUT2D eigenvalue weighted by Crippen LogP contribution is -2.27. The summed E-state index contributed by atoms with van der Waals surface area (Å²) in [5, 5.41) is 8.06. The molecule has 1 saturated carbocycles. The highest BCUT2D eigenvalue weighted by atomic mass is 32.2. The highest BCUT2D eigenvalue weighted by Gasteiger charge is 2.51. The van der Waals surface area contributed by atoms with E-state index >= 15 is 0 Å². The first-order valence-corrected chi connectivity index (χ1v) is 11.5. The number of amides is 1. The highest BCUT2D eigenvalue weighted by Crippen LogP contribution is 2.51. The Bertz CT molecular complexity index is 1350. The summed E-state index contributed by atoms with van der Waals surface area (Å²) >= 11 is 0. The minimum Gasteiger partial charge on any atom is -0.454 e. The van der Waals surface area contributed by atoms with Crippen molar-refractivity contribution in [2.24, 2.45) is 5.14 Å². The minimum atomic E-state index is -3.93. The number of hydrogen-bond donors (Lipinski definition) is 2. The predicted molar refractivity (Wildman–Crippen MR) is 115 cm³/mol. The number of sulfonamides is 1. The van der Waals surface area contributed by atoms with Gasteiger partial charge >= 0.3 is 0 Å². The molecule has 1 amide bonds. The molecule has 1 heterocycles. The molecule has 3 aromatic carbocycles. The van der Waals surface area contributed by atoms with E-state index < -0.39 is 21.3 Å². The predicted octanol–water partition coefficient (Wildman–Crippen LogP) is 3.54. The Labute approximate surface area is 184 Å². The number of nitrogens with two attached hydrogens (primary N) is 1. The van der Waals surface area contributed by atoms with Gasteiger partial charge in [-0.2, -0.15) is 0 Å². The third kappa shape index (κ3) is 3.59. The zero-order valence-electron chi connectivity index (χ0n) is 16.8. The summed E-state index contributed by atoms with van der Waals surface area (Å²) in [7, 11) is -3.93. The van der Waals surface area contributed by atoms with Crippen LogP contribution in [0.2, 0.25) is 0 Å². The minimum absolute atomic E-state index is 0.122. The highest BCUT2D eigenvalue weighted by molar-refractivity contribution is 7.89. The summed E-state index contributed by atoms with van der Waals surface area (Å²) in [6.07, 6.45) is 1.37. The quantitative estimate of drug-likeness (QED) is 0.613. The fourth-order valence-corrected chi connectivity index (χ4v) is 4.44. The molecule has 1 fully saturated rings.